The average molecular weight is 121 g/mol. The van der Waals surface area contributed by atoms with Crippen molar-refractivity contribution in [1.29, 1.82) is 0 Å². The fourth-order valence-corrected chi connectivity index (χ4v) is 0.0982. The number of nitrogens with zero attached hydrogens (tertiary/aromatic N) is 2. The van der Waals surface area contributed by atoms with Crippen LogP contribution in [0.25, 0.3) is 0 Å². The molecule has 6 heteroatoms. The largest absolute Gasteiger partial charge is 0.368 e. The van der Waals surface area contributed by atoms with E-state index >= 15 is 0 Å². The summed E-state index contributed by atoms with van der Waals surface area (Å²) in [6.07, 6.45) is 0. The van der Waals surface area contributed by atoms with Crippen LogP contribution in [0.1, 0.15) is 0 Å². The summed E-state index contributed by atoms with van der Waals surface area (Å²) < 4.78 is 11.0. The van der Waals surface area contributed by atoms with Gasteiger partial charge in [-0.1, -0.05) is 4.48 Å². The molecule has 1 N–H and O–H groups in total. The van der Waals surface area contributed by atoms with E-state index in [0.717, 1.165) is 7.05 Å². The molecule has 5 nitrogen and oxygen atoms in total. The van der Waals surface area contributed by atoms with Gasteiger partial charge in [-0.15, -0.1) is 4.91 Å². The minimum atomic E-state index is -1.18. The smallest absolute Gasteiger partial charge is 0.244 e. The SMILES string of the molecule is CN(N=O)C(=O)NF. The van der Waals surface area contributed by atoms with Gasteiger partial charge >= 0.3 is 6.03 Å². The maximum absolute atomic E-state index is 11.0. The Morgan fingerprint density at radius 1 is 1.88 bits per heavy atom. The van der Waals surface area contributed by atoms with Crippen LogP contribution in [0.15, 0.2) is 5.29 Å². The number of urea groups is 1. The monoisotopic (exact) mass is 121 g/mol. The topological polar surface area (TPSA) is 61.8 Å². The number of halogens is 1. The number of carbonyl (C=O) groups excluding carboxylic acids is 1. The van der Waals surface area contributed by atoms with Crippen LogP contribution >= 0.6 is 0 Å². The molecule has 0 aliphatic carbocycles. The van der Waals surface area contributed by atoms with Gasteiger partial charge in [0.15, 0.2) is 0 Å². The van der Waals surface area contributed by atoms with Gasteiger partial charge in [0.25, 0.3) is 0 Å². The summed E-state index contributed by atoms with van der Waals surface area (Å²) in [7, 11) is 1.03. The number of hydrogen-bond donors (Lipinski definition) is 1. The van der Waals surface area contributed by atoms with Gasteiger partial charge in [0, 0.05) is 7.05 Å². The normalized spacial score (nSPS) is 7.75. The summed E-state index contributed by atoms with van der Waals surface area (Å²) in [6.45, 7) is 0. The molecular weight excluding hydrogens is 117 g/mol. The summed E-state index contributed by atoms with van der Waals surface area (Å²) in [5.41, 5.74) is 0.709. The van der Waals surface area contributed by atoms with E-state index in [1.54, 1.807) is 0 Å². The molecule has 0 saturated heterocycles. The lowest BCUT2D eigenvalue weighted by molar-refractivity contribution is 0.185. The van der Waals surface area contributed by atoms with E-state index in [9.17, 15) is 14.2 Å². The van der Waals surface area contributed by atoms with Crippen LogP contribution in [0.2, 0.25) is 0 Å². The van der Waals surface area contributed by atoms with Crippen LogP contribution in [0.5, 0.6) is 0 Å². The number of rotatable bonds is 1. The molecule has 46 valence electrons. The van der Waals surface area contributed by atoms with E-state index in [-0.39, 0.29) is 0 Å². The van der Waals surface area contributed by atoms with Crippen molar-refractivity contribution in [2.24, 2.45) is 5.29 Å². The Kier molecular flexibility index (Phi) is 2.46. The molecule has 0 unspecified atom stereocenters. The molecule has 0 fully saturated rings. The van der Waals surface area contributed by atoms with Gasteiger partial charge in [-0.2, -0.15) is 10.5 Å². The van der Waals surface area contributed by atoms with Crippen LogP contribution in [0, 0.1) is 4.91 Å². The molecule has 0 saturated carbocycles. The van der Waals surface area contributed by atoms with Crippen molar-refractivity contribution in [3.05, 3.63) is 4.91 Å². The van der Waals surface area contributed by atoms with E-state index in [2.05, 4.69) is 5.29 Å². The molecule has 0 aromatic rings. The summed E-state index contributed by atoms with van der Waals surface area (Å²) in [5.74, 6) is 0. The molecule has 8 heavy (non-hydrogen) atoms. The van der Waals surface area contributed by atoms with E-state index in [1.807, 2.05) is 0 Å². The molecule has 2 amide bonds. The summed E-state index contributed by atoms with van der Waals surface area (Å²) in [5, 5.41) is 2.38. The third-order valence-corrected chi connectivity index (χ3v) is 0.497. The Morgan fingerprint density at radius 3 is 2.50 bits per heavy atom. The van der Waals surface area contributed by atoms with Gasteiger partial charge in [0.05, 0.1) is 5.29 Å². The van der Waals surface area contributed by atoms with Crippen molar-refractivity contribution >= 4 is 6.03 Å². The highest BCUT2D eigenvalue weighted by atomic mass is 19.2. The first kappa shape index (κ1) is 6.80. The molecule has 0 aliphatic heterocycles. The first-order chi connectivity index (χ1) is 3.72. The molecule has 0 aliphatic rings. The average Bonchev–Trinajstić information content (AvgIpc) is 1.84. The van der Waals surface area contributed by atoms with E-state index in [4.69, 9.17) is 0 Å². The van der Waals surface area contributed by atoms with Gasteiger partial charge in [0.2, 0.25) is 0 Å². The third kappa shape index (κ3) is 1.50. The van der Waals surface area contributed by atoms with Crippen LogP contribution in [0.4, 0.5) is 9.28 Å². The summed E-state index contributed by atoms with van der Waals surface area (Å²) >= 11 is 0. The second-order valence-corrected chi connectivity index (χ2v) is 1.00. The van der Waals surface area contributed by atoms with Gasteiger partial charge in [-0.25, -0.2) is 4.79 Å². The van der Waals surface area contributed by atoms with Crippen LogP contribution in [0.3, 0.4) is 0 Å². The standard InChI is InChI=1S/C2H4FN3O2/c1-6(5-8)2(7)4-3/h1H3,(H,4,7). The molecular formula is C2H4FN3O2. The predicted molar refractivity (Wildman–Crippen MR) is 23.2 cm³/mol. The second kappa shape index (κ2) is 2.89. The van der Waals surface area contributed by atoms with E-state index in [0.29, 0.717) is 10.5 Å². The first-order valence-electron chi connectivity index (χ1n) is 1.70. The molecule has 0 rings (SSSR count). The van der Waals surface area contributed by atoms with Crippen LogP contribution < -0.4 is 5.54 Å². The maximum atomic E-state index is 11.0. The zero-order valence-corrected chi connectivity index (χ0v) is 4.09. The number of amides is 2. The minimum Gasteiger partial charge on any atom is -0.244 e. The predicted octanol–water partition coefficient (Wildman–Crippen LogP) is 0.194. The number of hydrogen-bond acceptors (Lipinski definition) is 3. The highest BCUT2D eigenvalue weighted by molar-refractivity contribution is 5.71. The Balaban J connectivity index is 3.62. The van der Waals surface area contributed by atoms with Crippen molar-refractivity contribution in [2.75, 3.05) is 7.05 Å². The third-order valence-electron chi connectivity index (χ3n) is 0.497. The van der Waals surface area contributed by atoms with Gasteiger partial charge in [-0.05, 0) is 0 Å². The Hall–Kier alpha value is -1.20. The lowest BCUT2D eigenvalue weighted by Gasteiger charge is -1.99. The van der Waals surface area contributed by atoms with Crippen molar-refractivity contribution in [3.63, 3.8) is 0 Å². The van der Waals surface area contributed by atoms with Crippen molar-refractivity contribution in [1.82, 2.24) is 10.5 Å². The summed E-state index contributed by atoms with van der Waals surface area (Å²) in [4.78, 5) is 19.2. The lowest BCUT2D eigenvalue weighted by atomic mass is 11.0. The van der Waals surface area contributed by atoms with Crippen LogP contribution in [-0.4, -0.2) is 18.1 Å². The van der Waals surface area contributed by atoms with Crippen molar-refractivity contribution in [2.45, 2.75) is 0 Å². The number of nitroso groups, excluding NO2 is 1. The Labute approximate surface area is 44.3 Å². The van der Waals surface area contributed by atoms with Crippen molar-refractivity contribution in [3.8, 4) is 0 Å². The molecule has 0 aromatic carbocycles. The minimum absolute atomic E-state index is 0.292. The van der Waals surface area contributed by atoms with Gasteiger partial charge in [-0.3, -0.25) is 0 Å². The van der Waals surface area contributed by atoms with Gasteiger partial charge in [0.1, 0.15) is 0 Å². The quantitative estimate of drug-likeness (QED) is 0.306. The number of carbonyl (C=O) groups is 1. The molecule has 0 heterocycles. The van der Waals surface area contributed by atoms with E-state index < -0.39 is 6.03 Å². The molecule has 0 spiro atoms. The Bertz CT molecular complexity index is 105. The zero-order valence-electron chi connectivity index (χ0n) is 4.09. The van der Waals surface area contributed by atoms with E-state index in [1.165, 1.54) is 0 Å². The highest BCUT2D eigenvalue weighted by Crippen LogP contribution is 1.81. The number of nitrogens with one attached hydrogen (secondary N) is 1. The molecule has 0 radical (unpaired) electrons. The fraction of sp³-hybridized carbons (Fsp3) is 0.500. The van der Waals surface area contributed by atoms with Crippen molar-refractivity contribution < 1.29 is 9.28 Å². The summed E-state index contributed by atoms with van der Waals surface area (Å²) in [6, 6.07) is -1.18. The highest BCUT2D eigenvalue weighted by Gasteiger charge is 2.04. The van der Waals surface area contributed by atoms with Crippen LogP contribution in [-0.2, 0) is 0 Å². The molecule has 0 atom stereocenters. The first-order valence-corrected chi connectivity index (χ1v) is 1.70. The van der Waals surface area contributed by atoms with Gasteiger partial charge < -0.3 is 0 Å². The maximum Gasteiger partial charge on any atom is 0.368 e. The Morgan fingerprint density at radius 2 is 2.38 bits per heavy atom. The molecule has 0 aromatic heterocycles. The zero-order chi connectivity index (χ0) is 6.57. The fourth-order valence-electron chi connectivity index (χ4n) is 0.0982. The lowest BCUT2D eigenvalue weighted by Crippen LogP contribution is -2.27. The molecule has 0 bridgehead atoms. The second-order valence-electron chi connectivity index (χ2n) is 1.00.